The first-order valence-electron chi connectivity index (χ1n) is 9.44. The van der Waals surface area contributed by atoms with Crippen LogP contribution in [0, 0.1) is 31.1 Å². The Morgan fingerprint density at radius 2 is 2.00 bits per heavy atom. The number of aryl methyl sites for hydroxylation is 1. The second-order valence-corrected chi connectivity index (χ2v) is 7.28. The van der Waals surface area contributed by atoms with Crippen molar-refractivity contribution in [2.45, 2.75) is 67.0 Å². The molecule has 1 heterocycles. The van der Waals surface area contributed by atoms with Crippen LogP contribution < -0.4 is 5.32 Å². The quantitative estimate of drug-likeness (QED) is 0.408. The van der Waals surface area contributed by atoms with Crippen molar-refractivity contribution in [3.05, 3.63) is 28.6 Å². The number of hydrogen-bond acceptors (Lipinski definition) is 4. The molecule has 0 bridgehead atoms. The van der Waals surface area contributed by atoms with Crippen molar-refractivity contribution < 1.29 is 14.3 Å². The monoisotopic (exact) mass is 373 g/mol. The summed E-state index contributed by atoms with van der Waals surface area (Å²) in [7, 11) is 0. The van der Waals surface area contributed by atoms with E-state index in [-0.39, 0.29) is 17.5 Å². The number of esters is 1. The molecule has 0 spiro atoms. The van der Waals surface area contributed by atoms with Crippen molar-refractivity contribution in [3.63, 3.8) is 0 Å². The van der Waals surface area contributed by atoms with Gasteiger partial charge in [-0.1, -0.05) is 20.8 Å². The van der Waals surface area contributed by atoms with E-state index in [4.69, 9.17) is 4.74 Å². The second kappa shape index (κ2) is 10.6. The average molecular weight is 373 g/mol. The Kier molecular flexibility index (Phi) is 8.80. The second-order valence-electron chi connectivity index (χ2n) is 7.28. The van der Waals surface area contributed by atoms with Gasteiger partial charge < -0.3 is 14.6 Å². The van der Waals surface area contributed by atoms with Crippen LogP contribution in [-0.2, 0) is 20.9 Å². The number of nitriles is 1. The number of carbonyl (C=O) groups excluding carboxylic acids is 2. The predicted octanol–water partition coefficient (Wildman–Crippen LogP) is 3.52. The van der Waals surface area contributed by atoms with Crippen molar-refractivity contribution in [1.82, 2.24) is 9.88 Å². The van der Waals surface area contributed by atoms with Gasteiger partial charge in [-0.25, -0.2) is 4.79 Å². The molecule has 1 aromatic rings. The van der Waals surface area contributed by atoms with Gasteiger partial charge in [-0.05, 0) is 57.2 Å². The van der Waals surface area contributed by atoms with Gasteiger partial charge in [0.2, 0.25) is 0 Å². The fraction of sp³-hybridized carbons (Fsp3) is 0.571. The molecule has 0 saturated carbocycles. The lowest BCUT2D eigenvalue weighted by atomic mass is 10.1. The van der Waals surface area contributed by atoms with E-state index in [1.807, 2.05) is 39.8 Å². The zero-order chi connectivity index (χ0) is 20.6. The van der Waals surface area contributed by atoms with E-state index in [0.717, 1.165) is 36.3 Å². The lowest BCUT2D eigenvalue weighted by molar-refractivity contribution is -0.144. The molecule has 0 saturated heterocycles. The van der Waals surface area contributed by atoms with E-state index in [1.165, 1.54) is 6.08 Å². The third-order valence-corrected chi connectivity index (χ3v) is 4.54. The van der Waals surface area contributed by atoms with Crippen LogP contribution in [-0.4, -0.2) is 29.1 Å². The summed E-state index contributed by atoms with van der Waals surface area (Å²) in [5, 5.41) is 12.0. The van der Waals surface area contributed by atoms with Gasteiger partial charge >= 0.3 is 5.97 Å². The Morgan fingerprint density at radius 3 is 2.56 bits per heavy atom. The molecule has 27 heavy (non-hydrogen) atoms. The van der Waals surface area contributed by atoms with E-state index in [9.17, 15) is 14.9 Å². The molecular weight excluding hydrogens is 342 g/mol. The molecule has 148 valence electrons. The van der Waals surface area contributed by atoms with E-state index in [2.05, 4.69) is 23.7 Å². The highest BCUT2D eigenvalue weighted by Gasteiger charge is 2.16. The molecule has 0 aliphatic heterocycles. The van der Waals surface area contributed by atoms with Crippen molar-refractivity contribution in [3.8, 4) is 6.07 Å². The molecule has 0 fully saturated rings. The van der Waals surface area contributed by atoms with Gasteiger partial charge in [-0.3, -0.25) is 4.79 Å². The zero-order valence-corrected chi connectivity index (χ0v) is 17.3. The molecule has 0 unspecified atom stereocenters. The highest BCUT2D eigenvalue weighted by atomic mass is 16.5. The third-order valence-electron chi connectivity index (χ3n) is 4.54. The molecule has 0 aliphatic carbocycles. The topological polar surface area (TPSA) is 84.1 Å². The summed E-state index contributed by atoms with van der Waals surface area (Å²) in [6, 6.07) is 3.84. The average Bonchev–Trinajstić information content (AvgIpc) is 2.88. The Bertz CT molecular complexity index is 739. The maximum atomic E-state index is 12.2. The van der Waals surface area contributed by atoms with Crippen molar-refractivity contribution in [2.24, 2.45) is 5.92 Å². The van der Waals surface area contributed by atoms with Gasteiger partial charge in [0.25, 0.3) is 5.91 Å². The van der Waals surface area contributed by atoms with E-state index < -0.39 is 12.6 Å². The maximum absolute atomic E-state index is 12.2. The van der Waals surface area contributed by atoms with Gasteiger partial charge in [0, 0.05) is 24.0 Å². The summed E-state index contributed by atoms with van der Waals surface area (Å²) in [5.41, 5.74) is 2.78. The number of nitrogens with one attached hydrogen (secondary N) is 1. The Balaban J connectivity index is 2.85. The first kappa shape index (κ1) is 22.5. The SMILES string of the molecule is CC[C@@H](C)NC(=O)COC(=O)/C(C#N)=C/c1cc(C)n(CCC(C)C)c1C. The number of carbonyl (C=O) groups is 2. The lowest BCUT2D eigenvalue weighted by Crippen LogP contribution is -2.35. The minimum Gasteiger partial charge on any atom is -0.451 e. The summed E-state index contributed by atoms with van der Waals surface area (Å²) in [5.74, 6) is -0.568. The van der Waals surface area contributed by atoms with Gasteiger partial charge in [-0.2, -0.15) is 5.26 Å². The van der Waals surface area contributed by atoms with Crippen LogP contribution in [0.3, 0.4) is 0 Å². The summed E-state index contributed by atoms with van der Waals surface area (Å²) in [6.45, 7) is 12.7. The number of rotatable bonds is 9. The van der Waals surface area contributed by atoms with Gasteiger partial charge in [-0.15, -0.1) is 0 Å². The van der Waals surface area contributed by atoms with Crippen molar-refractivity contribution in [2.75, 3.05) is 6.61 Å². The van der Waals surface area contributed by atoms with E-state index in [1.54, 1.807) is 0 Å². The number of amides is 1. The summed E-state index contributed by atoms with van der Waals surface area (Å²) in [6.07, 6.45) is 3.37. The molecule has 6 heteroatoms. The number of aromatic nitrogens is 1. The Labute approximate surface area is 162 Å². The Hall–Kier alpha value is -2.55. The van der Waals surface area contributed by atoms with Crippen LogP contribution in [0.2, 0.25) is 0 Å². The van der Waals surface area contributed by atoms with Crippen LogP contribution >= 0.6 is 0 Å². The third kappa shape index (κ3) is 6.93. The summed E-state index contributed by atoms with van der Waals surface area (Å²) < 4.78 is 7.17. The van der Waals surface area contributed by atoms with E-state index >= 15 is 0 Å². The molecule has 0 radical (unpaired) electrons. The zero-order valence-electron chi connectivity index (χ0n) is 17.3. The fourth-order valence-corrected chi connectivity index (χ4v) is 2.62. The molecule has 1 rings (SSSR count). The molecule has 1 atom stereocenters. The minimum atomic E-state index is -0.788. The van der Waals surface area contributed by atoms with Crippen LogP contribution in [0.25, 0.3) is 6.08 Å². The van der Waals surface area contributed by atoms with Gasteiger partial charge in [0.1, 0.15) is 11.6 Å². The Morgan fingerprint density at radius 1 is 1.33 bits per heavy atom. The van der Waals surface area contributed by atoms with Crippen molar-refractivity contribution >= 4 is 18.0 Å². The summed E-state index contributed by atoms with van der Waals surface area (Å²) >= 11 is 0. The largest absolute Gasteiger partial charge is 0.451 e. The first-order chi connectivity index (χ1) is 12.7. The normalized spacial score (nSPS) is 12.6. The number of hydrogen-bond donors (Lipinski definition) is 1. The highest BCUT2D eigenvalue weighted by molar-refractivity contribution is 5.99. The maximum Gasteiger partial charge on any atom is 0.349 e. The molecule has 1 aromatic heterocycles. The predicted molar refractivity (Wildman–Crippen MR) is 106 cm³/mol. The summed E-state index contributed by atoms with van der Waals surface area (Å²) in [4.78, 5) is 23.9. The smallest absolute Gasteiger partial charge is 0.349 e. The van der Waals surface area contributed by atoms with Crippen LogP contribution in [0.15, 0.2) is 11.6 Å². The van der Waals surface area contributed by atoms with Gasteiger partial charge in [0.05, 0.1) is 0 Å². The van der Waals surface area contributed by atoms with Crippen LogP contribution in [0.1, 0.15) is 57.5 Å². The van der Waals surface area contributed by atoms with Crippen molar-refractivity contribution in [1.29, 1.82) is 5.26 Å². The molecule has 0 aromatic carbocycles. The highest BCUT2D eigenvalue weighted by Crippen LogP contribution is 2.20. The molecule has 1 amide bonds. The van der Waals surface area contributed by atoms with Crippen LogP contribution in [0.4, 0.5) is 0 Å². The van der Waals surface area contributed by atoms with E-state index in [0.29, 0.717) is 5.92 Å². The standard InChI is InChI=1S/C21H31N3O3/c1-7-15(4)23-20(25)13-27-21(26)19(12-22)11-18-10-16(5)24(17(18)6)9-8-14(2)3/h10-11,14-15H,7-9,13H2,1-6H3,(H,23,25)/b19-11+/t15-/m1/s1. The lowest BCUT2D eigenvalue weighted by Gasteiger charge is -2.11. The number of nitrogens with zero attached hydrogens (tertiary/aromatic N) is 2. The molecule has 6 nitrogen and oxygen atoms in total. The van der Waals surface area contributed by atoms with Gasteiger partial charge in [0.15, 0.2) is 6.61 Å². The minimum absolute atomic E-state index is 0.0124. The van der Waals surface area contributed by atoms with Crippen LogP contribution in [0.5, 0.6) is 0 Å². The fourth-order valence-electron chi connectivity index (χ4n) is 2.62. The number of ether oxygens (including phenoxy) is 1. The first-order valence-corrected chi connectivity index (χ1v) is 9.44. The molecule has 1 N–H and O–H groups in total. The molecular formula is C21H31N3O3. The molecule has 0 aliphatic rings.